The SMILES string of the molecule is CC(C)C1CCC[C@H](C(C)C)C1N1C=CN(C2C(C(C)C)CCC[C@H]2C(C)C)C1. The third-order valence-electron chi connectivity index (χ3n) is 8.87. The highest BCUT2D eigenvalue weighted by molar-refractivity contribution is 5.05. The van der Waals surface area contributed by atoms with Gasteiger partial charge in [0, 0.05) is 24.5 Å². The van der Waals surface area contributed by atoms with Gasteiger partial charge < -0.3 is 9.80 Å². The standard InChI is InChI=1S/C27H50N2/c1-18(2)22-11-9-12-23(19(3)4)26(22)28-15-16-29(17-28)27-24(20(5)6)13-10-14-25(27)21(7)8/h15-16,18-27H,9-14,17H2,1-8H3/t22-,23?,24+,25?,26?,27?. The Kier molecular flexibility index (Phi) is 7.66. The number of hydrogen-bond acceptors (Lipinski definition) is 2. The largest absolute Gasteiger partial charge is 0.355 e. The summed E-state index contributed by atoms with van der Waals surface area (Å²) in [7, 11) is 0. The van der Waals surface area contributed by atoms with Crippen molar-refractivity contribution in [3.8, 4) is 0 Å². The van der Waals surface area contributed by atoms with Crippen molar-refractivity contribution in [2.45, 2.75) is 106 Å². The molecule has 3 aliphatic rings. The molecule has 4 unspecified atom stereocenters. The Morgan fingerprint density at radius 3 is 1.03 bits per heavy atom. The van der Waals surface area contributed by atoms with Crippen LogP contribution in [0.25, 0.3) is 0 Å². The third kappa shape index (κ3) is 4.82. The van der Waals surface area contributed by atoms with Crippen molar-refractivity contribution in [2.75, 3.05) is 6.67 Å². The fraction of sp³-hybridized carbons (Fsp3) is 0.926. The van der Waals surface area contributed by atoms with Crippen LogP contribution in [0, 0.1) is 47.3 Å². The summed E-state index contributed by atoms with van der Waals surface area (Å²) >= 11 is 0. The molecule has 0 spiro atoms. The van der Waals surface area contributed by atoms with Crippen molar-refractivity contribution in [1.29, 1.82) is 0 Å². The van der Waals surface area contributed by atoms with Crippen LogP contribution in [-0.4, -0.2) is 28.6 Å². The van der Waals surface area contributed by atoms with Gasteiger partial charge in [0.15, 0.2) is 0 Å². The first-order chi connectivity index (χ1) is 13.7. The number of nitrogens with zero attached hydrogens (tertiary/aromatic N) is 2. The maximum atomic E-state index is 2.78. The summed E-state index contributed by atoms with van der Waals surface area (Å²) < 4.78 is 0. The molecule has 0 bridgehead atoms. The molecular weight excluding hydrogens is 352 g/mol. The highest BCUT2D eigenvalue weighted by Gasteiger charge is 2.44. The van der Waals surface area contributed by atoms with Crippen LogP contribution in [0.1, 0.15) is 93.9 Å². The molecule has 0 aromatic carbocycles. The lowest BCUT2D eigenvalue weighted by Gasteiger charge is -2.50. The van der Waals surface area contributed by atoms with E-state index < -0.39 is 0 Å². The van der Waals surface area contributed by atoms with Crippen LogP contribution in [0.15, 0.2) is 12.4 Å². The minimum Gasteiger partial charge on any atom is -0.355 e. The molecule has 0 aromatic heterocycles. The van der Waals surface area contributed by atoms with Crippen LogP contribution in [0.2, 0.25) is 0 Å². The van der Waals surface area contributed by atoms with Crippen molar-refractivity contribution in [2.24, 2.45) is 47.3 Å². The normalized spacial score (nSPS) is 36.3. The highest BCUT2D eigenvalue weighted by atomic mass is 15.4. The molecule has 2 aliphatic carbocycles. The predicted octanol–water partition coefficient (Wildman–Crippen LogP) is 7.23. The fourth-order valence-electron chi connectivity index (χ4n) is 7.23. The Bertz CT molecular complexity index is 457. The van der Waals surface area contributed by atoms with Crippen molar-refractivity contribution in [3.05, 3.63) is 12.4 Å². The lowest BCUT2D eigenvalue weighted by atomic mass is 9.67. The molecule has 2 heteroatoms. The average molecular weight is 403 g/mol. The van der Waals surface area contributed by atoms with E-state index in [1.807, 2.05) is 0 Å². The topological polar surface area (TPSA) is 6.48 Å². The second-order valence-corrected chi connectivity index (χ2v) is 11.9. The monoisotopic (exact) mass is 402 g/mol. The van der Waals surface area contributed by atoms with Crippen molar-refractivity contribution in [3.63, 3.8) is 0 Å². The van der Waals surface area contributed by atoms with Crippen molar-refractivity contribution < 1.29 is 0 Å². The molecule has 2 fully saturated rings. The van der Waals surface area contributed by atoms with Crippen LogP contribution < -0.4 is 0 Å². The average Bonchev–Trinajstić information content (AvgIpc) is 3.15. The molecular formula is C27H50N2. The maximum absolute atomic E-state index is 2.78. The molecule has 3 rings (SSSR count). The minimum atomic E-state index is 0.726. The van der Waals surface area contributed by atoms with E-state index in [2.05, 4.69) is 77.6 Å². The van der Waals surface area contributed by atoms with Gasteiger partial charge in [-0.3, -0.25) is 0 Å². The summed E-state index contributed by atoms with van der Waals surface area (Å²) in [6.07, 6.45) is 13.5. The molecule has 2 saturated carbocycles. The van der Waals surface area contributed by atoms with Gasteiger partial charge in [0.25, 0.3) is 0 Å². The van der Waals surface area contributed by atoms with Crippen LogP contribution >= 0.6 is 0 Å². The molecule has 0 radical (unpaired) electrons. The molecule has 0 saturated heterocycles. The number of rotatable bonds is 6. The van der Waals surface area contributed by atoms with Crippen LogP contribution in [0.5, 0.6) is 0 Å². The second kappa shape index (κ2) is 9.65. The minimum absolute atomic E-state index is 0.726. The third-order valence-corrected chi connectivity index (χ3v) is 8.87. The predicted molar refractivity (Wildman–Crippen MR) is 126 cm³/mol. The first kappa shape index (κ1) is 23.0. The Labute approximate surface area is 182 Å². The van der Waals surface area contributed by atoms with Gasteiger partial charge in [-0.1, -0.05) is 68.2 Å². The first-order valence-electron chi connectivity index (χ1n) is 12.9. The van der Waals surface area contributed by atoms with E-state index in [1.165, 1.54) is 38.5 Å². The van der Waals surface area contributed by atoms with Gasteiger partial charge in [0.1, 0.15) is 0 Å². The van der Waals surface area contributed by atoms with E-state index in [-0.39, 0.29) is 0 Å². The first-order valence-corrected chi connectivity index (χ1v) is 12.9. The molecule has 29 heavy (non-hydrogen) atoms. The Morgan fingerprint density at radius 1 is 0.517 bits per heavy atom. The quantitative estimate of drug-likeness (QED) is 0.462. The van der Waals surface area contributed by atoms with E-state index in [1.54, 1.807) is 0 Å². The number of hydrogen-bond donors (Lipinski definition) is 0. The Balaban J connectivity index is 1.81. The summed E-state index contributed by atoms with van der Waals surface area (Å²) in [5.41, 5.74) is 0. The zero-order valence-electron chi connectivity index (χ0n) is 20.8. The van der Waals surface area contributed by atoms with Gasteiger partial charge in [-0.25, -0.2) is 0 Å². The zero-order chi connectivity index (χ0) is 21.3. The molecule has 0 N–H and O–H groups in total. The lowest BCUT2D eigenvalue weighted by Crippen LogP contribution is -2.53. The molecule has 6 atom stereocenters. The lowest BCUT2D eigenvalue weighted by molar-refractivity contribution is -0.00463. The van der Waals surface area contributed by atoms with Gasteiger partial charge in [-0.15, -0.1) is 0 Å². The van der Waals surface area contributed by atoms with Crippen molar-refractivity contribution >= 4 is 0 Å². The smallest absolute Gasteiger partial charge is 0.0899 e. The van der Waals surface area contributed by atoms with Gasteiger partial charge in [-0.05, 0) is 73.0 Å². The fourth-order valence-corrected chi connectivity index (χ4v) is 7.23. The zero-order valence-corrected chi connectivity index (χ0v) is 20.8. The van der Waals surface area contributed by atoms with Crippen LogP contribution in [0.4, 0.5) is 0 Å². The van der Waals surface area contributed by atoms with Crippen LogP contribution in [-0.2, 0) is 0 Å². The van der Waals surface area contributed by atoms with Gasteiger partial charge in [0.2, 0.25) is 0 Å². The van der Waals surface area contributed by atoms with E-state index in [4.69, 9.17) is 0 Å². The summed E-state index contributed by atoms with van der Waals surface area (Å²) in [4.78, 5) is 5.55. The van der Waals surface area contributed by atoms with E-state index >= 15 is 0 Å². The van der Waals surface area contributed by atoms with E-state index in [9.17, 15) is 0 Å². The molecule has 1 aliphatic heterocycles. The van der Waals surface area contributed by atoms with E-state index in [0.29, 0.717) is 0 Å². The van der Waals surface area contributed by atoms with Crippen LogP contribution in [0.3, 0.4) is 0 Å². The molecule has 168 valence electrons. The summed E-state index contributed by atoms with van der Waals surface area (Å²) in [6.45, 7) is 20.8. The summed E-state index contributed by atoms with van der Waals surface area (Å²) in [6, 6.07) is 1.45. The molecule has 1 heterocycles. The van der Waals surface area contributed by atoms with E-state index in [0.717, 1.165) is 66.1 Å². The van der Waals surface area contributed by atoms with Crippen molar-refractivity contribution in [1.82, 2.24) is 9.80 Å². The molecule has 0 aromatic rings. The Hall–Kier alpha value is -0.660. The summed E-state index contributed by atoms with van der Waals surface area (Å²) in [5.74, 6) is 6.50. The molecule has 0 amide bonds. The van der Waals surface area contributed by atoms with Gasteiger partial charge in [-0.2, -0.15) is 0 Å². The second-order valence-electron chi connectivity index (χ2n) is 11.9. The van der Waals surface area contributed by atoms with Gasteiger partial charge >= 0.3 is 0 Å². The summed E-state index contributed by atoms with van der Waals surface area (Å²) in [5, 5.41) is 0. The molecule has 2 nitrogen and oxygen atoms in total. The van der Waals surface area contributed by atoms with Gasteiger partial charge in [0.05, 0.1) is 6.67 Å². The Morgan fingerprint density at radius 2 is 0.793 bits per heavy atom. The maximum Gasteiger partial charge on any atom is 0.0899 e. The highest BCUT2D eigenvalue weighted by Crippen LogP contribution is 2.44.